The Labute approximate surface area is 340 Å². The van der Waals surface area contributed by atoms with Crippen molar-refractivity contribution in [1.82, 2.24) is 0 Å². The number of rotatable bonds is 4. The van der Waals surface area contributed by atoms with E-state index in [2.05, 4.69) is 156 Å². The quantitative estimate of drug-likeness (QED) is 0.178. The van der Waals surface area contributed by atoms with Gasteiger partial charge in [-0.1, -0.05) is 97.1 Å². The monoisotopic (exact) mass is 762 g/mol. The molecular weight excluding hydrogens is 729 g/mol. The fourth-order valence-electron chi connectivity index (χ4n) is 8.89. The molecule has 274 valence electrons. The van der Waals surface area contributed by atoms with Crippen molar-refractivity contribution in [3.63, 3.8) is 0 Å². The van der Waals surface area contributed by atoms with E-state index >= 15 is 0 Å². The van der Waals surface area contributed by atoms with Crippen LogP contribution in [0.25, 0.3) is 53.2 Å². The summed E-state index contributed by atoms with van der Waals surface area (Å²) < 4.78 is 15.3. The van der Waals surface area contributed by atoms with Crippen LogP contribution in [0.2, 0.25) is 0 Å². The molecule has 0 atom stereocenters. The van der Waals surface area contributed by atoms with Crippen LogP contribution in [0.4, 0.5) is 34.1 Å². The van der Waals surface area contributed by atoms with E-state index < -0.39 is 0 Å². The number of anilines is 6. The van der Waals surface area contributed by atoms with Gasteiger partial charge in [-0.25, -0.2) is 0 Å². The first-order chi connectivity index (χ1) is 28.7. The topological polar surface area (TPSA) is 24.9 Å². The Morgan fingerprint density at radius 1 is 0.397 bits per heavy atom. The van der Waals surface area contributed by atoms with Crippen LogP contribution in [0.3, 0.4) is 0 Å². The minimum absolute atomic E-state index is 0.846. The fraction of sp³-hybridized carbons (Fsp3) is 0.0189. The Kier molecular flexibility index (Phi) is 7.28. The van der Waals surface area contributed by atoms with Crippen LogP contribution in [0.5, 0.6) is 23.0 Å². The molecule has 0 unspecified atom stereocenters. The van der Waals surface area contributed by atoms with Gasteiger partial charge in [0.2, 0.25) is 0 Å². The van der Waals surface area contributed by atoms with Crippen molar-refractivity contribution in [2.75, 3.05) is 9.80 Å². The van der Waals surface area contributed by atoms with E-state index in [-0.39, 0.29) is 0 Å². The lowest BCUT2D eigenvalue weighted by atomic mass is 9.94. The maximum atomic E-state index is 6.37. The maximum absolute atomic E-state index is 6.37. The molecule has 0 saturated carbocycles. The van der Waals surface area contributed by atoms with Gasteiger partial charge < -0.3 is 19.3 Å². The number of hydrogen-bond acceptors (Lipinski definition) is 5. The Hall–Kier alpha value is -7.34. The van der Waals surface area contributed by atoms with Crippen molar-refractivity contribution in [1.29, 1.82) is 0 Å². The van der Waals surface area contributed by atoms with E-state index in [1.54, 1.807) is 0 Å². The zero-order chi connectivity index (χ0) is 38.3. The second kappa shape index (κ2) is 12.8. The molecule has 0 fully saturated rings. The predicted octanol–water partition coefficient (Wildman–Crippen LogP) is 16.0. The second-order valence-electron chi connectivity index (χ2n) is 15.0. The van der Waals surface area contributed by atoms with Crippen molar-refractivity contribution >= 4 is 76.4 Å². The van der Waals surface area contributed by atoms with Crippen LogP contribution in [-0.2, 0) is 0 Å². The fourth-order valence-corrected chi connectivity index (χ4v) is 10.3. The second-order valence-corrected chi connectivity index (χ2v) is 16.0. The Morgan fingerprint density at radius 2 is 0.862 bits per heavy atom. The van der Waals surface area contributed by atoms with Gasteiger partial charge in [0.1, 0.15) is 0 Å². The number of thiophene rings is 1. The summed E-state index contributed by atoms with van der Waals surface area (Å²) in [6.07, 6.45) is 0. The predicted molar refractivity (Wildman–Crippen MR) is 242 cm³/mol. The number of para-hydroxylation sites is 8. The first kappa shape index (κ1) is 32.9. The summed E-state index contributed by atoms with van der Waals surface area (Å²) in [5, 5.41) is 5.09. The van der Waals surface area contributed by atoms with E-state index in [1.165, 1.54) is 58.8 Å². The molecule has 0 bridgehead atoms. The molecule has 10 aromatic rings. The van der Waals surface area contributed by atoms with Gasteiger partial charge in [-0.05, 0) is 131 Å². The minimum Gasteiger partial charge on any atom is -0.453 e. The van der Waals surface area contributed by atoms with Crippen LogP contribution in [0, 0.1) is 6.92 Å². The number of hydrogen-bond donors (Lipinski definition) is 0. The van der Waals surface area contributed by atoms with Crippen molar-refractivity contribution < 1.29 is 9.47 Å². The molecule has 0 aliphatic carbocycles. The number of nitrogens with zero attached hydrogens (tertiary/aromatic N) is 2. The lowest BCUT2D eigenvalue weighted by Crippen LogP contribution is -2.15. The van der Waals surface area contributed by atoms with E-state index in [4.69, 9.17) is 9.47 Å². The van der Waals surface area contributed by atoms with Crippen molar-refractivity contribution in [2.45, 2.75) is 6.92 Å². The Balaban J connectivity index is 1.06. The van der Waals surface area contributed by atoms with Crippen LogP contribution in [-0.4, -0.2) is 0 Å². The summed E-state index contributed by atoms with van der Waals surface area (Å²) in [6, 6.07) is 67.0. The number of fused-ring (bicyclic) bond motifs is 9. The third kappa shape index (κ3) is 5.07. The summed E-state index contributed by atoms with van der Waals surface area (Å²) >= 11 is 1.90. The smallest absolute Gasteiger partial charge is 0.151 e. The molecule has 5 heteroatoms. The SMILES string of the molecule is Cc1cc(-c2cccc(N3c4ccccc4Oc4ccccc43)c2)c2sc3c(-c4cccc(N5c6ccccc6Oc6ccccc65)c4)cc4ccccc4c3c2c1. The van der Waals surface area contributed by atoms with Gasteiger partial charge in [0.05, 0.1) is 22.7 Å². The molecular formula is C53H34N2O2S. The van der Waals surface area contributed by atoms with Gasteiger partial charge in [0, 0.05) is 37.1 Å². The van der Waals surface area contributed by atoms with Crippen LogP contribution >= 0.6 is 11.3 Å². The van der Waals surface area contributed by atoms with Gasteiger partial charge in [-0.15, -0.1) is 11.3 Å². The summed E-state index contributed by atoms with van der Waals surface area (Å²) in [7, 11) is 0. The molecule has 2 aliphatic rings. The molecule has 58 heavy (non-hydrogen) atoms. The summed E-state index contributed by atoms with van der Waals surface area (Å²) in [4.78, 5) is 4.64. The molecule has 0 amide bonds. The summed E-state index contributed by atoms with van der Waals surface area (Å²) in [6.45, 7) is 2.22. The molecule has 2 aliphatic heterocycles. The van der Waals surface area contributed by atoms with Crippen LogP contribution < -0.4 is 19.3 Å². The first-order valence-corrected chi connectivity index (χ1v) is 20.4. The normalized spacial score (nSPS) is 12.8. The van der Waals surface area contributed by atoms with Gasteiger partial charge in [0.15, 0.2) is 23.0 Å². The molecule has 0 radical (unpaired) electrons. The summed E-state index contributed by atoms with van der Waals surface area (Å²) in [5.41, 5.74) is 12.3. The third-order valence-electron chi connectivity index (χ3n) is 11.4. The average molecular weight is 763 g/mol. The average Bonchev–Trinajstić information content (AvgIpc) is 3.66. The molecule has 4 nitrogen and oxygen atoms in total. The molecule has 9 aromatic carbocycles. The summed E-state index contributed by atoms with van der Waals surface area (Å²) in [5.74, 6) is 3.38. The van der Waals surface area contributed by atoms with Gasteiger partial charge in [-0.2, -0.15) is 0 Å². The highest BCUT2D eigenvalue weighted by Crippen LogP contribution is 2.54. The first-order valence-electron chi connectivity index (χ1n) is 19.6. The minimum atomic E-state index is 0.846. The molecule has 0 N–H and O–H groups in total. The Bertz CT molecular complexity index is 3200. The molecule has 0 saturated heterocycles. The molecule has 3 heterocycles. The van der Waals surface area contributed by atoms with Gasteiger partial charge in [-0.3, -0.25) is 0 Å². The number of ether oxygens (including phenoxy) is 2. The lowest BCUT2D eigenvalue weighted by Gasteiger charge is -2.33. The largest absolute Gasteiger partial charge is 0.453 e. The molecule has 1 aromatic heterocycles. The highest BCUT2D eigenvalue weighted by atomic mass is 32.1. The highest BCUT2D eigenvalue weighted by Gasteiger charge is 2.28. The van der Waals surface area contributed by atoms with E-state index in [1.807, 2.05) is 59.9 Å². The Morgan fingerprint density at radius 3 is 1.40 bits per heavy atom. The van der Waals surface area contributed by atoms with Crippen molar-refractivity contribution in [3.05, 3.63) is 194 Å². The zero-order valence-electron chi connectivity index (χ0n) is 31.5. The molecule has 12 rings (SSSR count). The zero-order valence-corrected chi connectivity index (χ0v) is 32.3. The van der Waals surface area contributed by atoms with Crippen LogP contribution in [0.1, 0.15) is 5.56 Å². The van der Waals surface area contributed by atoms with Crippen LogP contribution in [0.15, 0.2) is 188 Å². The van der Waals surface area contributed by atoms with Crippen molar-refractivity contribution in [3.8, 4) is 45.3 Å². The molecule has 0 spiro atoms. The van der Waals surface area contributed by atoms with Crippen molar-refractivity contribution in [2.24, 2.45) is 0 Å². The van der Waals surface area contributed by atoms with E-state index in [0.29, 0.717) is 0 Å². The maximum Gasteiger partial charge on any atom is 0.151 e. The highest BCUT2D eigenvalue weighted by molar-refractivity contribution is 7.27. The van der Waals surface area contributed by atoms with E-state index in [9.17, 15) is 0 Å². The number of aryl methyl sites for hydroxylation is 1. The standard InChI is InChI=1S/C53H34N2O2S/c1-33-28-40(34-15-12-17-37(30-34)54-43-20-4-8-24-47(43)56-48-25-9-5-21-44(48)54)52-42(29-33)51-39-19-3-2-14-36(39)32-41(53(51)58-52)35-16-13-18-38(31-35)55-45-22-6-10-26-49(45)57-50-27-11-7-23-46(50)55/h2-32H,1H3. The van der Waals surface area contributed by atoms with E-state index in [0.717, 1.165) is 57.1 Å². The lowest BCUT2D eigenvalue weighted by molar-refractivity contribution is 0.477. The number of benzene rings is 9. The van der Waals surface area contributed by atoms with Gasteiger partial charge in [0.25, 0.3) is 0 Å². The van der Waals surface area contributed by atoms with Gasteiger partial charge >= 0.3 is 0 Å². The third-order valence-corrected chi connectivity index (χ3v) is 12.7.